The molecule has 2 aromatic rings. The number of imidazole rings is 1. The van der Waals surface area contributed by atoms with Crippen molar-refractivity contribution in [2.45, 2.75) is 94.0 Å². The molecule has 1 heterocycles. The molecular formula is C24H34Cl2N2O2S. The van der Waals surface area contributed by atoms with Crippen LogP contribution in [0, 0.1) is 0 Å². The largest absolute Gasteiger partial charge is 0.350 e. The monoisotopic (exact) mass is 484 g/mol. The first-order chi connectivity index (χ1) is 14.8. The molecule has 31 heavy (non-hydrogen) atoms. The lowest BCUT2D eigenvalue weighted by molar-refractivity contribution is -0.260. The van der Waals surface area contributed by atoms with E-state index in [4.69, 9.17) is 37.7 Å². The number of hydrogen-bond donors (Lipinski definition) is 0. The second-order valence-corrected chi connectivity index (χ2v) is 10.5. The predicted octanol–water partition coefficient (Wildman–Crippen LogP) is 8.00. The van der Waals surface area contributed by atoms with Crippen LogP contribution in [0.15, 0.2) is 28.1 Å². The van der Waals surface area contributed by atoms with Crippen LogP contribution in [0.25, 0.3) is 0 Å². The zero-order valence-electron chi connectivity index (χ0n) is 19.0. The zero-order valence-corrected chi connectivity index (χ0v) is 21.4. The van der Waals surface area contributed by atoms with Gasteiger partial charge < -0.3 is 14.0 Å². The van der Waals surface area contributed by atoms with Gasteiger partial charge in [-0.05, 0) is 43.4 Å². The summed E-state index contributed by atoms with van der Waals surface area (Å²) in [5.74, 6) is 0.746. The number of rotatable bonds is 10. The number of unbranched alkanes of at least 4 members (excludes halogenated alkanes) is 1. The lowest BCUT2D eigenvalue weighted by Gasteiger charge is -2.37. The van der Waals surface area contributed by atoms with Gasteiger partial charge in [0.25, 0.3) is 0 Å². The van der Waals surface area contributed by atoms with Crippen molar-refractivity contribution in [3.8, 4) is 0 Å². The van der Waals surface area contributed by atoms with E-state index in [-0.39, 0.29) is 0 Å². The molecule has 0 aliphatic heterocycles. The maximum Gasteiger partial charge on any atom is 0.168 e. The van der Waals surface area contributed by atoms with Gasteiger partial charge in [-0.1, -0.05) is 68.6 Å². The van der Waals surface area contributed by atoms with Crippen molar-refractivity contribution >= 4 is 35.0 Å². The van der Waals surface area contributed by atoms with Crippen LogP contribution in [0.4, 0.5) is 0 Å². The van der Waals surface area contributed by atoms with Gasteiger partial charge in [0, 0.05) is 34.8 Å². The van der Waals surface area contributed by atoms with Crippen LogP contribution in [0.1, 0.15) is 83.2 Å². The Labute approximate surface area is 201 Å². The molecule has 7 heteroatoms. The molecule has 0 bridgehead atoms. The maximum absolute atomic E-state index is 6.46. The summed E-state index contributed by atoms with van der Waals surface area (Å²) >= 11 is 14.1. The van der Waals surface area contributed by atoms with Crippen molar-refractivity contribution in [3.63, 3.8) is 0 Å². The van der Waals surface area contributed by atoms with E-state index >= 15 is 0 Å². The van der Waals surface area contributed by atoms with Gasteiger partial charge in [-0.15, -0.1) is 0 Å². The van der Waals surface area contributed by atoms with Crippen LogP contribution >= 0.6 is 35.0 Å². The predicted molar refractivity (Wildman–Crippen MR) is 129 cm³/mol. The molecule has 4 nitrogen and oxygen atoms in total. The fourth-order valence-electron chi connectivity index (χ4n) is 3.90. The van der Waals surface area contributed by atoms with E-state index in [9.17, 15) is 0 Å². The third-order valence-electron chi connectivity index (χ3n) is 5.70. The molecule has 3 rings (SSSR count). The highest BCUT2D eigenvalue weighted by Gasteiger charge is 2.34. The van der Waals surface area contributed by atoms with E-state index in [1.807, 2.05) is 12.1 Å². The van der Waals surface area contributed by atoms with Crippen molar-refractivity contribution in [3.05, 3.63) is 39.8 Å². The number of nitrogens with zero attached hydrogens (tertiary/aromatic N) is 2. The van der Waals surface area contributed by atoms with Crippen LogP contribution in [0.2, 0.25) is 10.0 Å². The molecule has 0 saturated heterocycles. The van der Waals surface area contributed by atoms with Crippen LogP contribution < -0.4 is 0 Å². The summed E-state index contributed by atoms with van der Waals surface area (Å²) in [7, 11) is 2.05. The molecule has 0 atom stereocenters. The van der Waals surface area contributed by atoms with Gasteiger partial charge in [-0.2, -0.15) is 0 Å². The Kier molecular flexibility index (Phi) is 9.18. The minimum Gasteiger partial charge on any atom is -0.350 e. The molecule has 0 spiro atoms. The molecule has 1 saturated carbocycles. The quantitative estimate of drug-likeness (QED) is 0.252. The molecular weight excluding hydrogens is 451 g/mol. The van der Waals surface area contributed by atoms with Gasteiger partial charge in [-0.25, -0.2) is 4.98 Å². The molecule has 1 fully saturated rings. The first kappa shape index (κ1) is 24.9. The van der Waals surface area contributed by atoms with Crippen LogP contribution in [0.5, 0.6) is 0 Å². The van der Waals surface area contributed by atoms with Crippen LogP contribution in [-0.4, -0.2) is 21.9 Å². The highest BCUT2D eigenvalue weighted by molar-refractivity contribution is 7.99. The maximum atomic E-state index is 6.46. The summed E-state index contributed by atoms with van der Waals surface area (Å²) in [5.41, 5.74) is 1.06. The number of hydrogen-bond acceptors (Lipinski definition) is 4. The van der Waals surface area contributed by atoms with Gasteiger partial charge in [0.2, 0.25) is 0 Å². The average Bonchev–Trinajstić information content (AvgIpc) is 3.03. The number of halogens is 2. The van der Waals surface area contributed by atoms with E-state index in [1.165, 1.54) is 6.42 Å². The fraction of sp³-hybridized carbons (Fsp3) is 0.625. The van der Waals surface area contributed by atoms with E-state index in [2.05, 4.69) is 32.4 Å². The van der Waals surface area contributed by atoms with Gasteiger partial charge in [0.15, 0.2) is 5.79 Å². The van der Waals surface area contributed by atoms with Gasteiger partial charge in [0.05, 0.1) is 12.3 Å². The van der Waals surface area contributed by atoms with Crippen molar-refractivity contribution in [1.29, 1.82) is 0 Å². The minimum absolute atomic E-state index is 0.293. The first-order valence-corrected chi connectivity index (χ1v) is 12.9. The number of benzene rings is 1. The Morgan fingerprint density at radius 2 is 1.77 bits per heavy atom. The van der Waals surface area contributed by atoms with Crippen molar-refractivity contribution < 1.29 is 9.47 Å². The van der Waals surface area contributed by atoms with Crippen molar-refractivity contribution in [1.82, 2.24) is 9.55 Å². The van der Waals surface area contributed by atoms with Crippen molar-refractivity contribution in [2.24, 2.45) is 7.05 Å². The zero-order chi connectivity index (χ0) is 22.4. The van der Waals surface area contributed by atoms with Gasteiger partial charge in [-0.3, -0.25) is 0 Å². The number of ether oxygens (including phenoxy) is 2. The molecule has 0 unspecified atom stereocenters. The lowest BCUT2D eigenvalue weighted by Crippen LogP contribution is -2.38. The molecule has 0 radical (unpaired) electrons. The summed E-state index contributed by atoms with van der Waals surface area (Å²) in [6, 6.07) is 5.62. The fourth-order valence-corrected chi connectivity index (χ4v) is 5.77. The van der Waals surface area contributed by atoms with Crippen LogP contribution in [0.3, 0.4) is 0 Å². The average molecular weight is 486 g/mol. The molecule has 0 amide bonds. The van der Waals surface area contributed by atoms with Crippen molar-refractivity contribution in [2.75, 3.05) is 6.61 Å². The van der Waals surface area contributed by atoms with E-state index in [1.54, 1.807) is 17.8 Å². The normalized spacial score (nSPS) is 16.2. The second-order valence-electron chi connectivity index (χ2n) is 8.60. The smallest absolute Gasteiger partial charge is 0.168 e. The van der Waals surface area contributed by atoms with Gasteiger partial charge in [0.1, 0.15) is 17.5 Å². The molecule has 1 aromatic carbocycles. The highest BCUT2D eigenvalue weighted by atomic mass is 35.5. The third kappa shape index (κ3) is 6.64. The molecule has 1 aliphatic carbocycles. The first-order valence-electron chi connectivity index (χ1n) is 11.3. The Balaban J connectivity index is 1.80. The summed E-state index contributed by atoms with van der Waals surface area (Å²) in [4.78, 5) is 5.96. The summed E-state index contributed by atoms with van der Waals surface area (Å²) in [5, 5.41) is 2.36. The third-order valence-corrected chi connectivity index (χ3v) is 7.28. The lowest BCUT2D eigenvalue weighted by atomic mass is 9.94. The Morgan fingerprint density at radius 1 is 1.10 bits per heavy atom. The Hall–Kier alpha value is -0.720. The standard InChI is InChI=1S/C24H34Cl2N2O2S/c1-5-6-12-29-24(10-8-7-9-11-24)30-16-21-27-22(17(2)3)23(28(21)4)31-20-14-18(25)13-19(26)15-20/h13-15,17H,5-12,16H2,1-4H3. The summed E-state index contributed by atoms with van der Waals surface area (Å²) in [6.07, 6.45) is 7.67. The van der Waals surface area contributed by atoms with Crippen LogP contribution in [-0.2, 0) is 23.1 Å². The molecule has 0 N–H and O–H groups in total. The Bertz CT molecular complexity index is 843. The number of aromatic nitrogens is 2. The second kappa shape index (κ2) is 11.4. The molecule has 1 aromatic heterocycles. The van der Waals surface area contributed by atoms with E-state index in [0.717, 1.165) is 66.6 Å². The minimum atomic E-state index is -0.467. The van der Waals surface area contributed by atoms with E-state index in [0.29, 0.717) is 22.6 Å². The topological polar surface area (TPSA) is 36.3 Å². The SMILES string of the molecule is CCCCOC1(OCc2nc(C(C)C)c(Sc3cc(Cl)cc(Cl)c3)n2C)CCCCC1. The van der Waals surface area contributed by atoms with E-state index < -0.39 is 5.79 Å². The summed E-state index contributed by atoms with van der Waals surface area (Å²) < 4.78 is 14.9. The molecule has 1 aliphatic rings. The highest BCUT2D eigenvalue weighted by Crippen LogP contribution is 2.38. The molecule has 172 valence electrons. The van der Waals surface area contributed by atoms with Gasteiger partial charge >= 0.3 is 0 Å². The summed E-state index contributed by atoms with van der Waals surface area (Å²) in [6.45, 7) is 7.71. The Morgan fingerprint density at radius 3 is 2.39 bits per heavy atom.